The van der Waals surface area contributed by atoms with Crippen LogP contribution in [0.25, 0.3) is 0 Å². The van der Waals surface area contributed by atoms with Gasteiger partial charge in [-0.1, -0.05) is 18.2 Å². The molecule has 0 radical (unpaired) electrons. The summed E-state index contributed by atoms with van der Waals surface area (Å²) in [4.78, 5) is 12.0. The molecule has 2 rings (SSSR count). The van der Waals surface area contributed by atoms with E-state index in [2.05, 4.69) is 5.09 Å². The normalized spacial score (nSPS) is 18.7. The van der Waals surface area contributed by atoms with Crippen LogP contribution in [0, 0.1) is 0 Å². The number of carbonyl (C=O) groups excluding carboxylic acids is 1. The van der Waals surface area contributed by atoms with E-state index < -0.39 is 26.0 Å². The van der Waals surface area contributed by atoms with Gasteiger partial charge in [0.25, 0.3) is 0 Å². The van der Waals surface area contributed by atoms with Gasteiger partial charge in [-0.2, -0.15) is 5.09 Å². The van der Waals surface area contributed by atoms with Crippen LogP contribution in [0.15, 0.2) is 30.3 Å². The van der Waals surface area contributed by atoms with E-state index in [0.29, 0.717) is 19.0 Å². The summed E-state index contributed by atoms with van der Waals surface area (Å²) >= 11 is 0. The lowest BCUT2D eigenvalue weighted by Gasteiger charge is -2.24. The van der Waals surface area contributed by atoms with Crippen molar-refractivity contribution in [2.75, 3.05) is 19.8 Å². The van der Waals surface area contributed by atoms with Crippen LogP contribution in [-0.2, 0) is 28.1 Å². The van der Waals surface area contributed by atoms with Crippen molar-refractivity contribution in [3.8, 4) is 5.75 Å². The Labute approximate surface area is 147 Å². The Morgan fingerprint density at radius 1 is 1.24 bits per heavy atom. The monoisotopic (exact) mass is 373 g/mol. The lowest BCUT2D eigenvalue weighted by atomic mass is 10.3. The second-order valence-electron chi connectivity index (χ2n) is 5.71. The third-order valence-corrected chi connectivity index (χ3v) is 4.74. The average Bonchev–Trinajstić information content (AvgIpc) is 3.07. The van der Waals surface area contributed by atoms with E-state index in [1.165, 1.54) is 6.92 Å². The van der Waals surface area contributed by atoms with Gasteiger partial charge in [-0.05, 0) is 32.9 Å². The molecule has 0 aromatic heterocycles. The van der Waals surface area contributed by atoms with Gasteiger partial charge in [0, 0.05) is 0 Å². The first-order chi connectivity index (χ1) is 11.9. The lowest BCUT2D eigenvalue weighted by Crippen LogP contribution is -2.36. The summed E-state index contributed by atoms with van der Waals surface area (Å²) in [5, 5.41) is 2.60. The van der Waals surface area contributed by atoms with E-state index in [9.17, 15) is 9.36 Å². The maximum atomic E-state index is 13.1. The Hall–Kier alpha value is -1.44. The summed E-state index contributed by atoms with van der Waals surface area (Å²) in [6.07, 6.45) is -0.903. The Balaban J connectivity index is 2.04. The highest BCUT2D eigenvalue weighted by Gasteiger charge is 2.34. The number of rotatable bonds is 9. The van der Waals surface area contributed by atoms with Crippen LogP contribution in [0.5, 0.6) is 5.75 Å². The molecule has 1 aromatic carbocycles. The van der Waals surface area contributed by atoms with Gasteiger partial charge < -0.3 is 18.7 Å². The fraction of sp³-hybridized carbons (Fsp3) is 0.562. The zero-order valence-electron chi connectivity index (χ0n) is 14.5. The lowest BCUT2D eigenvalue weighted by molar-refractivity contribution is -0.149. The van der Waals surface area contributed by atoms with E-state index in [1.54, 1.807) is 44.2 Å². The predicted octanol–water partition coefficient (Wildman–Crippen LogP) is 2.49. The van der Waals surface area contributed by atoms with Gasteiger partial charge in [-0.25, -0.2) is 4.57 Å². The molecule has 140 valence electrons. The Morgan fingerprint density at radius 3 is 2.48 bits per heavy atom. The van der Waals surface area contributed by atoms with Gasteiger partial charge >= 0.3 is 13.7 Å². The highest BCUT2D eigenvalue weighted by atomic mass is 31.2. The number of hydrogen-bond donors (Lipinski definition) is 1. The third kappa shape index (κ3) is 6.76. The predicted molar refractivity (Wildman–Crippen MR) is 90.1 cm³/mol. The van der Waals surface area contributed by atoms with Gasteiger partial charge in [-0.3, -0.25) is 9.32 Å². The summed E-state index contributed by atoms with van der Waals surface area (Å²) in [6, 6.07) is 7.66. The van der Waals surface area contributed by atoms with Crippen LogP contribution < -0.4 is 9.61 Å². The summed E-state index contributed by atoms with van der Waals surface area (Å²) in [6.45, 7) is 5.79. The molecule has 1 aliphatic heterocycles. The minimum Gasteiger partial charge on any atom is -0.462 e. The maximum Gasteiger partial charge on any atom is 0.459 e. The molecule has 1 heterocycles. The topological polar surface area (TPSA) is 92.3 Å². The van der Waals surface area contributed by atoms with Crippen molar-refractivity contribution in [2.45, 2.75) is 39.2 Å². The molecule has 0 amide bonds. The smallest absolute Gasteiger partial charge is 0.459 e. The summed E-state index contributed by atoms with van der Waals surface area (Å²) in [5.74, 6) is -0.208. The number of para-hydroxylation sites is 1. The standard InChI is InChI=1S/C16H24NO7P/c1-12(2)23-16(18)13(3)17-25(19,22-11-15-20-9-10-21-15)24-14-7-5-4-6-8-14/h4-8,12-13,15H,9-11H2,1-3H3,(H,17,19)/t13-,25?/m1/s1. The second kappa shape index (κ2) is 9.31. The molecule has 8 nitrogen and oxygen atoms in total. The van der Waals surface area contributed by atoms with Gasteiger partial charge in [0.1, 0.15) is 18.4 Å². The van der Waals surface area contributed by atoms with Crippen molar-refractivity contribution in [3.63, 3.8) is 0 Å². The molecule has 0 saturated carbocycles. The van der Waals surface area contributed by atoms with E-state index in [0.717, 1.165) is 0 Å². The number of ether oxygens (including phenoxy) is 3. The van der Waals surface area contributed by atoms with Crippen LogP contribution in [0.4, 0.5) is 0 Å². The second-order valence-corrected chi connectivity index (χ2v) is 7.40. The molecule has 1 aromatic rings. The molecule has 1 unspecified atom stereocenters. The third-order valence-electron chi connectivity index (χ3n) is 3.10. The van der Waals surface area contributed by atoms with Gasteiger partial charge in [0.15, 0.2) is 6.29 Å². The minimum absolute atomic E-state index is 0.0942. The van der Waals surface area contributed by atoms with Crippen LogP contribution in [-0.4, -0.2) is 44.2 Å². The molecule has 25 heavy (non-hydrogen) atoms. The highest BCUT2D eigenvalue weighted by Crippen LogP contribution is 2.45. The van der Waals surface area contributed by atoms with E-state index in [1.807, 2.05) is 0 Å². The van der Waals surface area contributed by atoms with Crippen LogP contribution in [0.1, 0.15) is 20.8 Å². The maximum absolute atomic E-state index is 13.1. The zero-order valence-corrected chi connectivity index (χ0v) is 15.4. The van der Waals surface area contributed by atoms with Crippen molar-refractivity contribution < 1.29 is 32.6 Å². The van der Waals surface area contributed by atoms with Crippen LogP contribution in [0.3, 0.4) is 0 Å². The van der Waals surface area contributed by atoms with E-state index in [4.69, 9.17) is 23.3 Å². The molecule has 0 bridgehead atoms. The molecule has 2 atom stereocenters. The first kappa shape index (κ1) is 19.9. The van der Waals surface area contributed by atoms with Gasteiger partial charge in [0.05, 0.1) is 19.3 Å². The van der Waals surface area contributed by atoms with Crippen LogP contribution in [0.2, 0.25) is 0 Å². The van der Waals surface area contributed by atoms with E-state index in [-0.39, 0.29) is 12.7 Å². The summed E-state index contributed by atoms with van der Waals surface area (Å²) < 4.78 is 39.6. The Kier molecular flexibility index (Phi) is 7.40. The number of hydrogen-bond acceptors (Lipinski definition) is 7. The van der Waals surface area contributed by atoms with Crippen LogP contribution >= 0.6 is 7.75 Å². The van der Waals surface area contributed by atoms with Gasteiger partial charge in [-0.15, -0.1) is 0 Å². The first-order valence-electron chi connectivity index (χ1n) is 8.09. The minimum atomic E-state index is -3.86. The average molecular weight is 373 g/mol. The fourth-order valence-corrected chi connectivity index (χ4v) is 3.47. The van der Waals surface area contributed by atoms with Crippen molar-refractivity contribution in [3.05, 3.63) is 30.3 Å². The molecule has 1 N–H and O–H groups in total. The van der Waals surface area contributed by atoms with Crippen molar-refractivity contribution >= 4 is 13.7 Å². The number of nitrogens with one attached hydrogen (secondary N) is 1. The molecule has 1 saturated heterocycles. The van der Waals surface area contributed by atoms with E-state index >= 15 is 0 Å². The Bertz CT molecular complexity index is 589. The molecule has 9 heteroatoms. The molecule has 0 spiro atoms. The van der Waals surface area contributed by atoms with Crippen molar-refractivity contribution in [2.24, 2.45) is 0 Å². The Morgan fingerprint density at radius 2 is 1.88 bits per heavy atom. The number of carbonyl (C=O) groups is 1. The van der Waals surface area contributed by atoms with Crippen molar-refractivity contribution in [1.29, 1.82) is 0 Å². The molecule has 1 fully saturated rings. The first-order valence-corrected chi connectivity index (χ1v) is 9.63. The molecule has 1 aliphatic rings. The molecular weight excluding hydrogens is 349 g/mol. The molecule has 0 aliphatic carbocycles. The summed E-state index contributed by atoms with van der Waals surface area (Å²) in [5.41, 5.74) is 0. The quantitative estimate of drug-likeness (QED) is 0.521. The number of benzene rings is 1. The molecular formula is C16H24NO7P. The van der Waals surface area contributed by atoms with Gasteiger partial charge in [0.2, 0.25) is 0 Å². The fourth-order valence-electron chi connectivity index (χ4n) is 2.00. The largest absolute Gasteiger partial charge is 0.462 e. The van der Waals surface area contributed by atoms with Crippen molar-refractivity contribution in [1.82, 2.24) is 5.09 Å². The number of esters is 1. The summed E-state index contributed by atoms with van der Waals surface area (Å²) in [7, 11) is -3.86. The highest BCUT2D eigenvalue weighted by molar-refractivity contribution is 7.52. The zero-order chi connectivity index (χ0) is 18.3. The SMILES string of the molecule is CC(C)OC(=O)[C@@H](C)NP(=O)(OCC1OCCO1)Oc1ccccc1.